The van der Waals surface area contributed by atoms with Crippen molar-refractivity contribution in [3.63, 3.8) is 0 Å². The minimum atomic E-state index is 0.106. The van der Waals surface area contributed by atoms with Crippen molar-refractivity contribution in [2.75, 3.05) is 0 Å². The molecule has 0 saturated heterocycles. The summed E-state index contributed by atoms with van der Waals surface area (Å²) in [6.07, 6.45) is 5.14. The molecule has 4 nitrogen and oxygen atoms in total. The maximum atomic E-state index is 10.8. The van der Waals surface area contributed by atoms with Gasteiger partial charge in [0, 0.05) is 33.7 Å². The summed E-state index contributed by atoms with van der Waals surface area (Å²) in [6.45, 7) is 0. The molecule has 24 heavy (non-hydrogen) atoms. The van der Waals surface area contributed by atoms with Gasteiger partial charge in [-0.05, 0) is 18.6 Å². The Balaban J connectivity index is 1.84. The second-order valence-corrected chi connectivity index (χ2v) is 6.43. The lowest BCUT2D eigenvalue weighted by molar-refractivity contribution is 0.396. The van der Waals surface area contributed by atoms with Crippen molar-refractivity contribution in [1.82, 2.24) is 4.57 Å². The van der Waals surface area contributed by atoms with Crippen LogP contribution in [0.2, 0.25) is 0 Å². The van der Waals surface area contributed by atoms with Gasteiger partial charge in [-0.15, -0.1) is 0 Å². The van der Waals surface area contributed by atoms with Gasteiger partial charge in [-0.2, -0.15) is 5.26 Å². The Kier molecular flexibility index (Phi) is 2.44. The fraction of sp³-hybridized carbons (Fsp3) is 0.150. The van der Waals surface area contributed by atoms with Crippen LogP contribution in [0.4, 0.5) is 0 Å². The topological polar surface area (TPSA) is 69.2 Å². The summed E-state index contributed by atoms with van der Waals surface area (Å²) < 4.78 is 1.51. The number of hydrogen-bond donors (Lipinski definition) is 2. The van der Waals surface area contributed by atoms with Gasteiger partial charge in [0.15, 0.2) is 0 Å². The Morgan fingerprint density at radius 1 is 0.917 bits per heavy atom. The molecule has 3 aromatic rings. The Morgan fingerprint density at radius 2 is 1.54 bits per heavy atom. The van der Waals surface area contributed by atoms with Gasteiger partial charge in [0.2, 0.25) is 11.8 Å². The first-order valence-corrected chi connectivity index (χ1v) is 7.97. The number of nitrogens with zero attached hydrogens (tertiary/aromatic N) is 2. The van der Waals surface area contributed by atoms with Gasteiger partial charge < -0.3 is 10.2 Å². The third kappa shape index (κ3) is 1.47. The Bertz CT molecular complexity index is 1050. The molecule has 0 saturated carbocycles. The first kappa shape index (κ1) is 13.3. The van der Waals surface area contributed by atoms with Crippen LogP contribution in [0.15, 0.2) is 48.6 Å². The molecule has 5 rings (SSSR count). The monoisotopic (exact) mass is 314 g/mol. The van der Waals surface area contributed by atoms with Crippen molar-refractivity contribution < 1.29 is 10.2 Å². The van der Waals surface area contributed by atoms with E-state index in [1.165, 1.54) is 4.57 Å². The largest absolute Gasteiger partial charge is 0.494 e. The highest BCUT2D eigenvalue weighted by molar-refractivity contribution is 5.95. The highest BCUT2D eigenvalue weighted by atomic mass is 16.3. The predicted molar refractivity (Wildman–Crippen MR) is 90.6 cm³/mol. The van der Waals surface area contributed by atoms with Gasteiger partial charge in [0.25, 0.3) is 0 Å². The number of hydrogen-bond acceptors (Lipinski definition) is 3. The van der Waals surface area contributed by atoms with Crippen molar-refractivity contribution in [2.45, 2.75) is 18.3 Å². The van der Waals surface area contributed by atoms with Crippen LogP contribution in [0.5, 0.6) is 11.8 Å². The van der Waals surface area contributed by atoms with E-state index in [0.717, 1.165) is 28.3 Å². The van der Waals surface area contributed by atoms with Gasteiger partial charge in [-0.1, -0.05) is 36.4 Å². The van der Waals surface area contributed by atoms with Crippen LogP contribution in [0.1, 0.15) is 34.9 Å². The highest BCUT2D eigenvalue weighted by Gasteiger charge is 2.41. The van der Waals surface area contributed by atoms with Gasteiger partial charge in [-0.25, -0.2) is 0 Å². The third-order valence-corrected chi connectivity index (χ3v) is 5.28. The quantitative estimate of drug-likeness (QED) is 0.666. The number of rotatable bonds is 1. The van der Waals surface area contributed by atoms with E-state index >= 15 is 0 Å². The average molecular weight is 314 g/mol. The van der Waals surface area contributed by atoms with Crippen LogP contribution >= 0.6 is 0 Å². The van der Waals surface area contributed by atoms with E-state index in [-0.39, 0.29) is 23.6 Å². The molecular formula is C20H14N2O2. The zero-order valence-electron chi connectivity index (χ0n) is 12.8. The molecule has 4 heteroatoms. The molecule has 2 N–H and O–H groups in total. The van der Waals surface area contributed by atoms with Crippen molar-refractivity contribution in [3.05, 3.63) is 65.2 Å². The molecule has 0 aliphatic heterocycles. The summed E-state index contributed by atoms with van der Waals surface area (Å²) >= 11 is 0. The normalized spacial score (nSPS) is 20.5. The zero-order chi connectivity index (χ0) is 16.4. The summed E-state index contributed by atoms with van der Waals surface area (Å²) in [5.41, 5.74) is 2.95. The molecule has 0 unspecified atom stereocenters. The lowest BCUT2D eigenvalue weighted by atomic mass is 10.0. The fourth-order valence-electron chi connectivity index (χ4n) is 4.24. The summed E-state index contributed by atoms with van der Waals surface area (Å²) in [4.78, 5) is 0. The molecule has 2 bridgehead atoms. The van der Waals surface area contributed by atoms with E-state index in [1.54, 1.807) is 12.1 Å². The van der Waals surface area contributed by atoms with Crippen molar-refractivity contribution >= 4 is 10.8 Å². The number of allylic oxidation sites excluding steroid dienone is 2. The van der Waals surface area contributed by atoms with Gasteiger partial charge in [0.1, 0.15) is 0 Å². The first-order valence-electron chi connectivity index (χ1n) is 7.97. The first-order chi connectivity index (χ1) is 11.7. The lowest BCUT2D eigenvalue weighted by Gasteiger charge is -2.13. The molecule has 2 aliphatic carbocycles. The molecule has 2 aliphatic rings. The third-order valence-electron chi connectivity index (χ3n) is 5.28. The number of benzene rings is 2. The van der Waals surface area contributed by atoms with E-state index < -0.39 is 0 Å². The van der Waals surface area contributed by atoms with E-state index in [4.69, 9.17) is 0 Å². The van der Waals surface area contributed by atoms with Crippen molar-refractivity contribution in [1.29, 1.82) is 5.26 Å². The Hall–Kier alpha value is -3.19. The summed E-state index contributed by atoms with van der Waals surface area (Å²) in [5, 5.41) is 32.5. The second kappa shape index (κ2) is 4.42. The average Bonchev–Trinajstić information content (AvgIpc) is 3.28. The molecule has 0 amide bonds. The zero-order valence-corrected chi connectivity index (χ0v) is 12.8. The van der Waals surface area contributed by atoms with Crippen LogP contribution in [-0.2, 0) is 0 Å². The number of aromatic hydroxyl groups is 2. The molecule has 2 atom stereocenters. The van der Waals surface area contributed by atoms with Crippen LogP contribution in [-0.4, -0.2) is 14.8 Å². The van der Waals surface area contributed by atoms with E-state index in [9.17, 15) is 15.5 Å². The minimum Gasteiger partial charge on any atom is -0.494 e. The molecular weight excluding hydrogens is 300 g/mol. The van der Waals surface area contributed by atoms with Crippen molar-refractivity contribution in [3.8, 4) is 23.5 Å². The molecule has 2 aromatic carbocycles. The fourth-order valence-corrected chi connectivity index (χ4v) is 4.24. The van der Waals surface area contributed by atoms with Gasteiger partial charge >= 0.3 is 0 Å². The molecule has 1 aromatic heterocycles. The second-order valence-electron chi connectivity index (χ2n) is 6.43. The molecule has 0 fully saturated rings. The SMILES string of the molecule is N#Cc1ccc(-n2c(O)c3c(c2O)[C@H]2C=C[C@@H]3C2)c2ccccc12. The van der Waals surface area contributed by atoms with Crippen LogP contribution in [0, 0.1) is 11.3 Å². The maximum absolute atomic E-state index is 10.8. The number of nitriles is 1. The smallest absolute Gasteiger partial charge is 0.202 e. The minimum absolute atomic E-state index is 0.106. The lowest BCUT2D eigenvalue weighted by Crippen LogP contribution is -1.97. The highest BCUT2D eigenvalue weighted by Crippen LogP contribution is 2.57. The van der Waals surface area contributed by atoms with E-state index in [1.807, 2.05) is 24.3 Å². The van der Waals surface area contributed by atoms with Gasteiger partial charge in [0.05, 0.1) is 17.3 Å². The van der Waals surface area contributed by atoms with Gasteiger partial charge in [-0.3, -0.25) is 4.57 Å². The summed E-state index contributed by atoms with van der Waals surface area (Å²) in [6, 6.07) is 13.3. The number of fused-ring (bicyclic) bond motifs is 6. The number of aromatic nitrogens is 1. The predicted octanol–water partition coefficient (Wildman–Crippen LogP) is 4.05. The van der Waals surface area contributed by atoms with Crippen LogP contribution in [0.3, 0.4) is 0 Å². The summed E-state index contributed by atoms with van der Waals surface area (Å²) in [7, 11) is 0. The standard InChI is InChI=1S/C20H14N2O2/c21-10-13-7-8-16(15-4-2-1-3-14(13)15)22-19(23)17-11-5-6-12(9-11)18(17)20(22)24/h1-8,11-12,23-24H,9H2/t11-,12+. The molecule has 0 radical (unpaired) electrons. The molecule has 116 valence electrons. The Labute approximate surface area is 138 Å². The summed E-state index contributed by atoms with van der Waals surface area (Å²) in [5.74, 6) is 0.576. The Morgan fingerprint density at radius 3 is 2.17 bits per heavy atom. The van der Waals surface area contributed by atoms with Crippen LogP contribution in [0.25, 0.3) is 16.5 Å². The van der Waals surface area contributed by atoms with E-state index in [2.05, 4.69) is 18.2 Å². The molecule has 1 heterocycles. The van der Waals surface area contributed by atoms with E-state index in [0.29, 0.717) is 11.3 Å². The maximum Gasteiger partial charge on any atom is 0.202 e. The van der Waals surface area contributed by atoms with Crippen molar-refractivity contribution in [2.24, 2.45) is 0 Å². The van der Waals surface area contributed by atoms with Crippen LogP contribution < -0.4 is 0 Å². The molecule has 0 spiro atoms.